The molecule has 1 atom stereocenters. The van der Waals surface area contributed by atoms with Crippen LogP contribution in [0.3, 0.4) is 0 Å². The molecule has 0 aromatic rings. The summed E-state index contributed by atoms with van der Waals surface area (Å²) in [4.78, 5) is 22.9. The molecule has 0 amide bonds. The van der Waals surface area contributed by atoms with Crippen molar-refractivity contribution in [1.82, 2.24) is 0 Å². The van der Waals surface area contributed by atoms with Crippen molar-refractivity contribution in [3.05, 3.63) is 0 Å². The maximum atomic E-state index is 9.97. The first-order valence-electron chi connectivity index (χ1n) is 2.95. The van der Waals surface area contributed by atoms with E-state index in [2.05, 4.69) is 4.99 Å². The van der Waals surface area contributed by atoms with Gasteiger partial charge in [0.2, 0.25) is 6.08 Å². The number of aliphatic imine (C=N–C) groups is 1. The second-order valence-electron chi connectivity index (χ2n) is 2.00. The fraction of sp³-hybridized carbons (Fsp3) is 0.667. The van der Waals surface area contributed by atoms with E-state index in [4.69, 9.17) is 5.11 Å². The number of carbonyl (C=O) groups is 1. The Kier molecular flexibility index (Phi) is 8.43. The minimum absolute atomic E-state index is 0. The van der Waals surface area contributed by atoms with Crippen LogP contribution >= 0.6 is 12.4 Å². The molecule has 0 aromatic carbocycles. The molecule has 64 valence electrons. The number of rotatable bonds is 4. The number of halogens is 1. The number of aliphatic carboxylic acids is 1. The maximum absolute atomic E-state index is 9.97. The summed E-state index contributed by atoms with van der Waals surface area (Å²) in [6, 6.07) is -0.228. The normalized spacial score (nSPS) is 10.6. The highest BCUT2D eigenvalue weighted by Gasteiger charge is 2.02. The number of carboxylic acids is 1. The minimum atomic E-state index is -0.868. The topological polar surface area (TPSA) is 66.7 Å². The zero-order valence-corrected chi connectivity index (χ0v) is 6.93. The van der Waals surface area contributed by atoms with Crippen LogP contribution in [0.15, 0.2) is 4.99 Å². The van der Waals surface area contributed by atoms with Crippen LogP contribution < -0.4 is 0 Å². The Labute approximate surface area is 70.7 Å². The van der Waals surface area contributed by atoms with Crippen molar-refractivity contribution in [3.63, 3.8) is 0 Å². The monoisotopic (exact) mass is 179 g/mol. The summed E-state index contributed by atoms with van der Waals surface area (Å²) in [5.74, 6) is -0.868. The molecule has 0 rings (SSSR count). The molecule has 0 fully saturated rings. The molecule has 0 bridgehead atoms. The second kappa shape index (κ2) is 7.25. The van der Waals surface area contributed by atoms with Gasteiger partial charge in [0, 0.05) is 6.42 Å². The third kappa shape index (κ3) is 9.14. The van der Waals surface area contributed by atoms with Crippen molar-refractivity contribution in [2.24, 2.45) is 4.99 Å². The van der Waals surface area contributed by atoms with Crippen LogP contribution in [0.5, 0.6) is 0 Å². The van der Waals surface area contributed by atoms with Crippen molar-refractivity contribution in [1.29, 1.82) is 0 Å². The first kappa shape index (κ1) is 12.8. The molecule has 0 saturated heterocycles. The number of hydrogen-bond donors (Lipinski definition) is 1. The van der Waals surface area contributed by atoms with Crippen molar-refractivity contribution >= 4 is 24.5 Å². The molecule has 0 aromatic heterocycles. The highest BCUT2D eigenvalue weighted by Crippen LogP contribution is 1.98. The van der Waals surface area contributed by atoms with E-state index in [0.29, 0.717) is 6.42 Å². The van der Waals surface area contributed by atoms with Gasteiger partial charge in [-0.25, -0.2) is 9.79 Å². The van der Waals surface area contributed by atoms with Gasteiger partial charge in [0.05, 0.1) is 6.04 Å². The maximum Gasteiger partial charge on any atom is 0.303 e. The van der Waals surface area contributed by atoms with Crippen LogP contribution in [0.2, 0.25) is 0 Å². The number of carboxylic acid groups (broad SMARTS) is 1. The van der Waals surface area contributed by atoms with E-state index in [-0.39, 0.29) is 24.9 Å². The van der Waals surface area contributed by atoms with Crippen LogP contribution in [-0.2, 0) is 9.59 Å². The summed E-state index contributed by atoms with van der Waals surface area (Å²) in [5.41, 5.74) is 0. The van der Waals surface area contributed by atoms with Crippen LogP contribution in [0, 0.1) is 0 Å². The van der Waals surface area contributed by atoms with Crippen molar-refractivity contribution in [2.45, 2.75) is 25.8 Å². The summed E-state index contributed by atoms with van der Waals surface area (Å²) in [7, 11) is 0. The van der Waals surface area contributed by atoms with E-state index in [1.807, 2.05) is 0 Å². The Balaban J connectivity index is 0. The molecule has 0 aliphatic heterocycles. The smallest absolute Gasteiger partial charge is 0.303 e. The minimum Gasteiger partial charge on any atom is -0.481 e. The van der Waals surface area contributed by atoms with Gasteiger partial charge in [-0.3, -0.25) is 4.79 Å². The molecule has 0 saturated carbocycles. The van der Waals surface area contributed by atoms with Crippen LogP contribution in [-0.4, -0.2) is 23.2 Å². The lowest BCUT2D eigenvalue weighted by molar-refractivity contribution is -0.137. The third-order valence-electron chi connectivity index (χ3n) is 1.05. The van der Waals surface area contributed by atoms with Gasteiger partial charge in [-0.1, -0.05) is 0 Å². The van der Waals surface area contributed by atoms with Gasteiger partial charge in [0.1, 0.15) is 0 Å². The van der Waals surface area contributed by atoms with Crippen molar-refractivity contribution < 1.29 is 14.7 Å². The molecule has 4 nitrogen and oxygen atoms in total. The van der Waals surface area contributed by atoms with Crippen molar-refractivity contribution in [3.8, 4) is 0 Å². The number of carbonyl (C=O) groups excluding carboxylic acids is 1. The summed E-state index contributed by atoms with van der Waals surface area (Å²) >= 11 is 0. The lowest BCUT2D eigenvalue weighted by Crippen LogP contribution is -2.02. The summed E-state index contributed by atoms with van der Waals surface area (Å²) in [6.07, 6.45) is 1.81. The Morgan fingerprint density at radius 3 is 2.64 bits per heavy atom. The Bertz CT molecular complexity index is 165. The van der Waals surface area contributed by atoms with Crippen LogP contribution in [0.1, 0.15) is 19.8 Å². The summed E-state index contributed by atoms with van der Waals surface area (Å²) < 4.78 is 0. The lowest BCUT2D eigenvalue weighted by atomic mass is 10.2. The van der Waals surface area contributed by atoms with E-state index in [9.17, 15) is 9.59 Å². The highest BCUT2D eigenvalue weighted by atomic mass is 35.5. The fourth-order valence-corrected chi connectivity index (χ4v) is 0.487. The quantitative estimate of drug-likeness (QED) is 0.517. The first-order chi connectivity index (χ1) is 4.66. The van der Waals surface area contributed by atoms with E-state index < -0.39 is 5.97 Å². The van der Waals surface area contributed by atoms with Gasteiger partial charge in [-0.2, -0.15) is 0 Å². The first-order valence-corrected chi connectivity index (χ1v) is 2.95. The number of isocyanates is 1. The zero-order chi connectivity index (χ0) is 7.98. The van der Waals surface area contributed by atoms with Gasteiger partial charge in [0.25, 0.3) is 0 Å². The van der Waals surface area contributed by atoms with E-state index in [1.165, 1.54) is 6.08 Å². The summed E-state index contributed by atoms with van der Waals surface area (Å²) in [5, 5.41) is 8.19. The van der Waals surface area contributed by atoms with Gasteiger partial charge >= 0.3 is 5.97 Å². The van der Waals surface area contributed by atoms with Crippen molar-refractivity contribution in [2.75, 3.05) is 0 Å². The van der Waals surface area contributed by atoms with E-state index in [1.54, 1.807) is 6.92 Å². The van der Waals surface area contributed by atoms with Crippen LogP contribution in [0.25, 0.3) is 0 Å². The average molecular weight is 180 g/mol. The highest BCUT2D eigenvalue weighted by molar-refractivity contribution is 5.85. The molecular weight excluding hydrogens is 170 g/mol. The Morgan fingerprint density at radius 2 is 2.27 bits per heavy atom. The van der Waals surface area contributed by atoms with Gasteiger partial charge < -0.3 is 5.11 Å². The molecule has 1 unspecified atom stereocenters. The molecular formula is C6H10ClNO3. The van der Waals surface area contributed by atoms with E-state index in [0.717, 1.165) is 0 Å². The molecule has 0 heterocycles. The predicted octanol–water partition coefficient (Wildman–Crippen LogP) is 0.997. The molecule has 5 heteroatoms. The predicted molar refractivity (Wildman–Crippen MR) is 41.7 cm³/mol. The second-order valence-corrected chi connectivity index (χ2v) is 2.00. The molecule has 0 aliphatic carbocycles. The fourth-order valence-electron chi connectivity index (χ4n) is 0.487. The zero-order valence-electron chi connectivity index (χ0n) is 6.11. The SMILES string of the molecule is CC(CCC(=O)O)N=C=O.Cl. The molecule has 0 spiro atoms. The molecule has 0 radical (unpaired) electrons. The average Bonchev–Trinajstić information content (AvgIpc) is 1.85. The van der Waals surface area contributed by atoms with Gasteiger partial charge in [-0.15, -0.1) is 12.4 Å². The lowest BCUT2D eigenvalue weighted by Gasteiger charge is -1.97. The van der Waals surface area contributed by atoms with Crippen LogP contribution in [0.4, 0.5) is 0 Å². The largest absolute Gasteiger partial charge is 0.481 e. The van der Waals surface area contributed by atoms with Gasteiger partial charge in [-0.05, 0) is 13.3 Å². The molecule has 1 N–H and O–H groups in total. The molecule has 0 aliphatic rings. The number of nitrogens with zero attached hydrogens (tertiary/aromatic N) is 1. The van der Waals surface area contributed by atoms with E-state index >= 15 is 0 Å². The third-order valence-corrected chi connectivity index (χ3v) is 1.05. The summed E-state index contributed by atoms with van der Waals surface area (Å²) in [6.45, 7) is 1.67. The Hall–Kier alpha value is -0.860. The Morgan fingerprint density at radius 1 is 1.73 bits per heavy atom. The molecule has 11 heavy (non-hydrogen) atoms. The number of hydrogen-bond acceptors (Lipinski definition) is 3. The standard InChI is InChI=1S/C6H9NO3.ClH/c1-5(7-4-8)2-3-6(9)10;/h5H,2-3H2,1H3,(H,9,10);1H. The van der Waals surface area contributed by atoms with Gasteiger partial charge in [0.15, 0.2) is 0 Å².